The van der Waals surface area contributed by atoms with E-state index in [-0.39, 0.29) is 0 Å². The fraction of sp³-hybridized carbons (Fsp3) is 0.833. The van der Waals surface area contributed by atoms with Crippen LogP contribution in [0.4, 0.5) is 0 Å². The molecule has 1 fully saturated rings. The van der Waals surface area contributed by atoms with Gasteiger partial charge >= 0.3 is 0 Å². The molecule has 16 heavy (non-hydrogen) atoms. The number of aromatic nitrogens is 3. The average Bonchev–Trinajstić information content (AvgIpc) is 2.81. The molecule has 1 saturated carbocycles. The lowest BCUT2D eigenvalue weighted by atomic mass is 10.1. The van der Waals surface area contributed by atoms with E-state index >= 15 is 0 Å². The van der Waals surface area contributed by atoms with Crippen LogP contribution in [-0.2, 0) is 0 Å². The van der Waals surface area contributed by atoms with Gasteiger partial charge in [-0.05, 0) is 46.1 Å². The minimum Gasteiger partial charge on any atom is -0.312 e. The van der Waals surface area contributed by atoms with Crippen LogP contribution >= 0.6 is 0 Å². The summed E-state index contributed by atoms with van der Waals surface area (Å²) in [5.41, 5.74) is 0. The molecule has 0 saturated heterocycles. The largest absolute Gasteiger partial charge is 0.312 e. The zero-order valence-electron chi connectivity index (χ0n) is 10.5. The Bertz CT molecular complexity index is 345. The van der Waals surface area contributed by atoms with E-state index in [0.717, 1.165) is 18.2 Å². The Morgan fingerprint density at radius 3 is 2.81 bits per heavy atom. The van der Waals surface area contributed by atoms with Crippen molar-refractivity contribution in [2.24, 2.45) is 0 Å². The van der Waals surface area contributed by atoms with Gasteiger partial charge in [-0.1, -0.05) is 6.92 Å². The van der Waals surface area contributed by atoms with Crippen LogP contribution in [0, 0.1) is 13.8 Å². The normalized spacial score (nSPS) is 25.2. The number of hydrogen-bond donors (Lipinski definition) is 1. The molecule has 0 aliphatic heterocycles. The van der Waals surface area contributed by atoms with Crippen molar-refractivity contribution in [1.82, 2.24) is 20.1 Å². The summed E-state index contributed by atoms with van der Waals surface area (Å²) < 4.78 is 2.12. The molecular formula is C12H22N4. The smallest absolute Gasteiger partial charge is 0.147 e. The Labute approximate surface area is 97.5 Å². The molecule has 0 spiro atoms. The summed E-state index contributed by atoms with van der Waals surface area (Å²) in [7, 11) is 0. The quantitative estimate of drug-likeness (QED) is 0.847. The van der Waals surface area contributed by atoms with Gasteiger partial charge in [0, 0.05) is 6.04 Å². The van der Waals surface area contributed by atoms with E-state index in [4.69, 9.17) is 0 Å². The molecule has 1 aromatic heterocycles. The van der Waals surface area contributed by atoms with Gasteiger partial charge in [0.15, 0.2) is 0 Å². The van der Waals surface area contributed by atoms with Crippen molar-refractivity contribution in [2.45, 2.75) is 58.5 Å². The zero-order chi connectivity index (χ0) is 11.5. The second kappa shape index (κ2) is 4.95. The van der Waals surface area contributed by atoms with Crippen LogP contribution in [0.3, 0.4) is 0 Å². The van der Waals surface area contributed by atoms with Crippen LogP contribution in [0.1, 0.15) is 50.3 Å². The van der Waals surface area contributed by atoms with Crippen LogP contribution in [0.25, 0.3) is 0 Å². The van der Waals surface area contributed by atoms with Gasteiger partial charge in [-0.25, -0.2) is 9.67 Å². The van der Waals surface area contributed by atoms with Crippen molar-refractivity contribution >= 4 is 0 Å². The number of rotatable bonds is 4. The zero-order valence-corrected chi connectivity index (χ0v) is 10.5. The average molecular weight is 222 g/mol. The first-order chi connectivity index (χ1) is 7.72. The fourth-order valence-corrected chi connectivity index (χ4v) is 2.65. The van der Waals surface area contributed by atoms with Crippen LogP contribution < -0.4 is 5.32 Å². The van der Waals surface area contributed by atoms with E-state index in [0.29, 0.717) is 12.1 Å². The molecule has 1 aliphatic carbocycles. The van der Waals surface area contributed by atoms with Gasteiger partial charge in [0.05, 0.1) is 6.04 Å². The second-order valence-electron chi connectivity index (χ2n) is 4.71. The summed E-state index contributed by atoms with van der Waals surface area (Å²) in [6.45, 7) is 7.33. The summed E-state index contributed by atoms with van der Waals surface area (Å²) in [4.78, 5) is 4.39. The standard InChI is InChI=1S/C12H22N4/c1-4-8-13-11-6-5-7-12(11)16-10(3)14-9(2)15-16/h11-13H,4-8H2,1-3H3. The van der Waals surface area contributed by atoms with Crippen LogP contribution in [-0.4, -0.2) is 27.4 Å². The Morgan fingerprint density at radius 1 is 1.38 bits per heavy atom. The molecule has 0 radical (unpaired) electrons. The van der Waals surface area contributed by atoms with Crippen molar-refractivity contribution in [1.29, 1.82) is 0 Å². The third-order valence-electron chi connectivity index (χ3n) is 3.36. The Balaban J connectivity index is 2.10. The molecule has 4 nitrogen and oxygen atoms in total. The third-order valence-corrected chi connectivity index (χ3v) is 3.36. The summed E-state index contributed by atoms with van der Waals surface area (Å²) >= 11 is 0. The van der Waals surface area contributed by atoms with Crippen molar-refractivity contribution in [2.75, 3.05) is 6.54 Å². The molecule has 0 amide bonds. The van der Waals surface area contributed by atoms with Gasteiger partial charge < -0.3 is 5.32 Å². The van der Waals surface area contributed by atoms with E-state index < -0.39 is 0 Å². The van der Waals surface area contributed by atoms with Gasteiger partial charge in [-0.15, -0.1) is 0 Å². The van der Waals surface area contributed by atoms with Gasteiger partial charge in [0.2, 0.25) is 0 Å². The molecule has 1 N–H and O–H groups in total. The first kappa shape index (κ1) is 11.6. The van der Waals surface area contributed by atoms with Crippen molar-refractivity contribution < 1.29 is 0 Å². The van der Waals surface area contributed by atoms with Crippen molar-refractivity contribution in [3.8, 4) is 0 Å². The highest BCUT2D eigenvalue weighted by Gasteiger charge is 2.29. The molecule has 2 atom stereocenters. The highest BCUT2D eigenvalue weighted by molar-refractivity contribution is 4.96. The van der Waals surface area contributed by atoms with Crippen LogP contribution in [0.15, 0.2) is 0 Å². The van der Waals surface area contributed by atoms with Gasteiger partial charge in [-0.2, -0.15) is 5.10 Å². The Morgan fingerprint density at radius 2 is 2.19 bits per heavy atom. The molecule has 2 unspecified atom stereocenters. The van der Waals surface area contributed by atoms with E-state index in [1.165, 1.54) is 25.7 Å². The first-order valence-corrected chi connectivity index (χ1v) is 6.35. The lowest BCUT2D eigenvalue weighted by Gasteiger charge is -2.21. The maximum Gasteiger partial charge on any atom is 0.147 e. The number of nitrogens with one attached hydrogen (secondary N) is 1. The van der Waals surface area contributed by atoms with Crippen molar-refractivity contribution in [3.05, 3.63) is 11.6 Å². The molecule has 1 aromatic rings. The molecular weight excluding hydrogens is 200 g/mol. The van der Waals surface area contributed by atoms with Gasteiger partial charge in [0.1, 0.15) is 11.6 Å². The van der Waals surface area contributed by atoms with E-state index in [2.05, 4.69) is 33.9 Å². The highest BCUT2D eigenvalue weighted by Crippen LogP contribution is 2.30. The number of aryl methyl sites for hydroxylation is 2. The molecule has 2 rings (SSSR count). The predicted molar refractivity (Wildman–Crippen MR) is 64.5 cm³/mol. The second-order valence-corrected chi connectivity index (χ2v) is 4.71. The van der Waals surface area contributed by atoms with Gasteiger partial charge in [0.25, 0.3) is 0 Å². The fourth-order valence-electron chi connectivity index (χ4n) is 2.65. The Hall–Kier alpha value is -0.900. The molecule has 0 aromatic carbocycles. The highest BCUT2D eigenvalue weighted by atomic mass is 15.4. The monoisotopic (exact) mass is 222 g/mol. The predicted octanol–water partition coefficient (Wildman–Crippen LogP) is 1.99. The maximum absolute atomic E-state index is 4.52. The topological polar surface area (TPSA) is 42.7 Å². The van der Waals surface area contributed by atoms with Crippen LogP contribution in [0.2, 0.25) is 0 Å². The van der Waals surface area contributed by atoms with Gasteiger partial charge in [-0.3, -0.25) is 0 Å². The molecule has 90 valence electrons. The molecule has 4 heteroatoms. The Kier molecular flexibility index (Phi) is 3.59. The molecule has 1 aliphatic rings. The minimum atomic E-state index is 0.507. The first-order valence-electron chi connectivity index (χ1n) is 6.35. The maximum atomic E-state index is 4.52. The van der Waals surface area contributed by atoms with E-state index in [9.17, 15) is 0 Å². The SMILES string of the molecule is CCCNC1CCCC1n1nc(C)nc1C. The third kappa shape index (κ3) is 2.26. The minimum absolute atomic E-state index is 0.507. The van der Waals surface area contributed by atoms with Crippen molar-refractivity contribution in [3.63, 3.8) is 0 Å². The summed E-state index contributed by atoms with van der Waals surface area (Å²) in [5, 5.41) is 8.14. The van der Waals surface area contributed by atoms with E-state index in [1.807, 2.05) is 6.92 Å². The summed E-state index contributed by atoms with van der Waals surface area (Å²) in [6, 6.07) is 1.09. The van der Waals surface area contributed by atoms with E-state index in [1.54, 1.807) is 0 Å². The lowest BCUT2D eigenvalue weighted by Crippen LogP contribution is -2.35. The summed E-state index contributed by atoms with van der Waals surface area (Å²) in [5.74, 6) is 1.94. The lowest BCUT2D eigenvalue weighted by molar-refractivity contribution is 0.359. The number of hydrogen-bond acceptors (Lipinski definition) is 3. The van der Waals surface area contributed by atoms with Crippen LogP contribution in [0.5, 0.6) is 0 Å². The summed E-state index contributed by atoms with van der Waals surface area (Å²) in [6.07, 6.45) is 4.98. The number of nitrogens with zero attached hydrogens (tertiary/aromatic N) is 3. The molecule has 1 heterocycles. The molecule has 0 bridgehead atoms.